The summed E-state index contributed by atoms with van der Waals surface area (Å²) in [6.07, 6.45) is 14.2. The van der Waals surface area contributed by atoms with Gasteiger partial charge in [0.25, 0.3) is 0 Å². The Bertz CT molecular complexity index is 226. The molecule has 3 nitrogen and oxygen atoms in total. The van der Waals surface area contributed by atoms with Crippen LogP contribution in [0.1, 0.15) is 92.3 Å². The fourth-order valence-corrected chi connectivity index (χ4v) is 2.74. The number of rotatable bonds is 16. The van der Waals surface area contributed by atoms with Crippen LogP contribution in [-0.4, -0.2) is 25.1 Å². The van der Waals surface area contributed by atoms with Gasteiger partial charge in [0.1, 0.15) is 0 Å². The van der Waals surface area contributed by atoms with Gasteiger partial charge < -0.3 is 16.8 Å². The SMILES string of the molecule is [2H]C(CCC(N)CCN)NC(CCC)CCCCCCCC. The molecule has 0 aromatic heterocycles. The Morgan fingerprint density at radius 1 is 0.857 bits per heavy atom. The maximum atomic E-state index is 8.18. The van der Waals surface area contributed by atoms with Gasteiger partial charge in [0.15, 0.2) is 0 Å². The van der Waals surface area contributed by atoms with Gasteiger partial charge in [-0.2, -0.15) is 0 Å². The summed E-state index contributed by atoms with van der Waals surface area (Å²) in [5, 5.41) is 3.50. The number of nitrogens with one attached hydrogen (secondary N) is 1. The Labute approximate surface area is 135 Å². The van der Waals surface area contributed by atoms with Gasteiger partial charge in [-0.15, -0.1) is 0 Å². The molecule has 0 spiro atoms. The number of hydrogen-bond donors (Lipinski definition) is 3. The summed E-state index contributed by atoms with van der Waals surface area (Å²) in [5.74, 6) is 0. The summed E-state index contributed by atoms with van der Waals surface area (Å²) in [7, 11) is 0. The first-order valence-electron chi connectivity index (χ1n) is 9.85. The molecule has 0 amide bonds. The van der Waals surface area contributed by atoms with E-state index in [1.54, 1.807) is 0 Å². The van der Waals surface area contributed by atoms with Crippen molar-refractivity contribution < 1.29 is 1.37 Å². The second kappa shape index (κ2) is 16.3. The van der Waals surface area contributed by atoms with Crippen molar-refractivity contribution >= 4 is 0 Å². The van der Waals surface area contributed by atoms with E-state index in [2.05, 4.69) is 19.2 Å². The minimum absolute atomic E-state index is 0.155. The summed E-state index contributed by atoms with van der Waals surface area (Å²) < 4.78 is 8.18. The van der Waals surface area contributed by atoms with E-state index in [-0.39, 0.29) is 12.6 Å². The second-order valence-electron chi connectivity index (χ2n) is 6.33. The zero-order chi connectivity index (χ0) is 16.6. The lowest BCUT2D eigenvalue weighted by Gasteiger charge is -2.19. The Morgan fingerprint density at radius 3 is 2.24 bits per heavy atom. The first-order chi connectivity index (χ1) is 10.6. The molecule has 0 aliphatic rings. The smallest absolute Gasteiger partial charge is 0.0428 e. The number of unbranched alkanes of at least 4 members (excludes halogenated alkanes) is 5. The quantitative estimate of drug-likeness (QED) is 0.378. The highest BCUT2D eigenvalue weighted by Crippen LogP contribution is 2.11. The van der Waals surface area contributed by atoms with Crippen LogP contribution >= 0.6 is 0 Å². The van der Waals surface area contributed by atoms with Crippen molar-refractivity contribution in [3.63, 3.8) is 0 Å². The van der Waals surface area contributed by atoms with Crippen molar-refractivity contribution in [1.29, 1.82) is 0 Å². The van der Waals surface area contributed by atoms with Crippen LogP contribution in [0.4, 0.5) is 0 Å². The summed E-state index contributed by atoms with van der Waals surface area (Å²) in [5.41, 5.74) is 11.5. The average Bonchev–Trinajstić information content (AvgIpc) is 2.49. The molecule has 128 valence electrons. The molecule has 0 saturated carbocycles. The number of nitrogens with two attached hydrogens (primary N) is 2. The molecule has 0 fully saturated rings. The van der Waals surface area contributed by atoms with E-state index in [1.165, 1.54) is 57.8 Å². The lowest BCUT2D eigenvalue weighted by molar-refractivity contribution is 0.414. The van der Waals surface area contributed by atoms with Gasteiger partial charge >= 0.3 is 0 Å². The van der Waals surface area contributed by atoms with Crippen molar-refractivity contribution in [2.75, 3.05) is 13.1 Å². The molecule has 0 aromatic carbocycles. The van der Waals surface area contributed by atoms with Gasteiger partial charge in [0.2, 0.25) is 0 Å². The topological polar surface area (TPSA) is 64.1 Å². The van der Waals surface area contributed by atoms with Crippen LogP contribution in [0.15, 0.2) is 0 Å². The minimum Gasteiger partial charge on any atom is -0.330 e. The molecular weight excluding hydrogens is 258 g/mol. The van der Waals surface area contributed by atoms with E-state index in [1.807, 2.05) is 0 Å². The summed E-state index contributed by atoms with van der Waals surface area (Å²) in [6, 6.07) is 0.659. The molecule has 0 rings (SSSR count). The largest absolute Gasteiger partial charge is 0.330 e. The van der Waals surface area contributed by atoms with Crippen LogP contribution in [0.25, 0.3) is 0 Å². The highest BCUT2D eigenvalue weighted by atomic mass is 14.9. The van der Waals surface area contributed by atoms with E-state index in [9.17, 15) is 0 Å². The van der Waals surface area contributed by atoms with Crippen LogP contribution < -0.4 is 16.8 Å². The van der Waals surface area contributed by atoms with Gasteiger partial charge in [0, 0.05) is 13.5 Å². The molecule has 5 N–H and O–H groups in total. The Hall–Kier alpha value is -0.120. The van der Waals surface area contributed by atoms with Crippen molar-refractivity contribution in [2.45, 2.75) is 103 Å². The fourth-order valence-electron chi connectivity index (χ4n) is 2.74. The monoisotopic (exact) mass is 300 g/mol. The van der Waals surface area contributed by atoms with Crippen molar-refractivity contribution in [2.24, 2.45) is 11.5 Å². The molecule has 0 heterocycles. The molecule has 3 unspecified atom stereocenters. The third-order valence-electron chi connectivity index (χ3n) is 4.12. The van der Waals surface area contributed by atoms with Gasteiger partial charge in [-0.3, -0.25) is 0 Å². The van der Waals surface area contributed by atoms with E-state index in [4.69, 9.17) is 12.8 Å². The molecule has 21 heavy (non-hydrogen) atoms. The first-order valence-corrected chi connectivity index (χ1v) is 9.27. The van der Waals surface area contributed by atoms with Gasteiger partial charge in [-0.1, -0.05) is 58.8 Å². The van der Waals surface area contributed by atoms with E-state index >= 15 is 0 Å². The zero-order valence-corrected chi connectivity index (χ0v) is 14.6. The average molecular weight is 301 g/mol. The van der Waals surface area contributed by atoms with Gasteiger partial charge in [-0.05, 0) is 45.2 Å². The molecule has 3 heteroatoms. The van der Waals surface area contributed by atoms with Crippen molar-refractivity contribution in [1.82, 2.24) is 5.32 Å². The molecule has 3 atom stereocenters. The highest BCUT2D eigenvalue weighted by Gasteiger charge is 2.07. The summed E-state index contributed by atoms with van der Waals surface area (Å²) in [6.45, 7) is 4.95. The molecule has 0 aliphatic heterocycles. The molecule has 0 saturated heterocycles. The van der Waals surface area contributed by atoms with E-state index < -0.39 is 0 Å². The molecule has 0 aliphatic carbocycles. The molecular formula is C18H41N3. The third kappa shape index (κ3) is 14.6. The maximum Gasteiger partial charge on any atom is 0.0428 e. The standard InChI is InChI=1S/C18H41N3/c1-3-5-6-7-8-9-13-18(11-4-2)21-16-10-12-17(20)14-15-19/h17-18,21H,3-16,19-20H2,1-2H3/i16D. The lowest BCUT2D eigenvalue weighted by atomic mass is 10.0. The second-order valence-corrected chi connectivity index (χ2v) is 6.33. The molecule has 0 bridgehead atoms. The third-order valence-corrected chi connectivity index (χ3v) is 4.12. The van der Waals surface area contributed by atoms with Gasteiger partial charge in [0.05, 0.1) is 0 Å². The predicted octanol–water partition coefficient (Wildman–Crippen LogP) is 3.95. The van der Waals surface area contributed by atoms with Crippen LogP contribution in [0.2, 0.25) is 0 Å². The summed E-state index contributed by atoms with van der Waals surface area (Å²) in [4.78, 5) is 0. The minimum atomic E-state index is -0.180. The Morgan fingerprint density at radius 2 is 1.57 bits per heavy atom. The van der Waals surface area contributed by atoms with Crippen LogP contribution in [0.5, 0.6) is 0 Å². The van der Waals surface area contributed by atoms with Crippen LogP contribution in [0.3, 0.4) is 0 Å². The van der Waals surface area contributed by atoms with Crippen molar-refractivity contribution in [3.8, 4) is 0 Å². The van der Waals surface area contributed by atoms with Crippen LogP contribution in [-0.2, 0) is 0 Å². The molecule has 0 aromatic rings. The highest BCUT2D eigenvalue weighted by molar-refractivity contribution is 4.68. The first kappa shape index (κ1) is 18.9. The van der Waals surface area contributed by atoms with Crippen LogP contribution in [0, 0.1) is 0 Å². The predicted molar refractivity (Wildman–Crippen MR) is 95.6 cm³/mol. The Balaban J connectivity index is 3.81. The van der Waals surface area contributed by atoms with Gasteiger partial charge in [-0.25, -0.2) is 0 Å². The Kier molecular flexibility index (Phi) is 14.7. The fraction of sp³-hybridized carbons (Fsp3) is 1.00. The number of hydrogen-bond acceptors (Lipinski definition) is 3. The maximum absolute atomic E-state index is 8.18. The van der Waals surface area contributed by atoms with Crippen molar-refractivity contribution in [3.05, 3.63) is 0 Å². The lowest BCUT2D eigenvalue weighted by Crippen LogP contribution is -2.31. The zero-order valence-electron chi connectivity index (χ0n) is 15.6. The molecule has 0 radical (unpaired) electrons. The normalized spacial score (nSPS) is 16.5. The van der Waals surface area contributed by atoms with E-state index in [0.29, 0.717) is 12.6 Å². The van der Waals surface area contributed by atoms with E-state index in [0.717, 1.165) is 19.3 Å². The summed E-state index contributed by atoms with van der Waals surface area (Å²) >= 11 is 0.